The molecule has 7 heteroatoms. The summed E-state index contributed by atoms with van der Waals surface area (Å²) in [5.74, 6) is 0.654. The molecular formula is C19H24FN3O2S. The van der Waals surface area contributed by atoms with Gasteiger partial charge in [0.1, 0.15) is 22.3 Å². The van der Waals surface area contributed by atoms with Gasteiger partial charge in [0.2, 0.25) is 0 Å². The van der Waals surface area contributed by atoms with Crippen molar-refractivity contribution in [1.82, 2.24) is 14.8 Å². The number of likely N-dealkylation sites (tertiary alicyclic amines) is 1. The third-order valence-corrected chi connectivity index (χ3v) is 5.16. The highest BCUT2D eigenvalue weighted by molar-refractivity contribution is 7.09. The molecule has 1 fully saturated rings. The highest BCUT2D eigenvalue weighted by atomic mass is 32.1. The Morgan fingerprint density at radius 2 is 2.15 bits per heavy atom. The Balaban J connectivity index is 1.54. The molecule has 2 heterocycles. The summed E-state index contributed by atoms with van der Waals surface area (Å²) >= 11 is 1.52. The van der Waals surface area contributed by atoms with Crippen molar-refractivity contribution in [2.24, 2.45) is 5.92 Å². The third-order valence-electron chi connectivity index (χ3n) is 4.33. The zero-order valence-corrected chi connectivity index (χ0v) is 16.0. The van der Waals surface area contributed by atoms with Crippen LogP contribution in [-0.2, 0) is 6.54 Å². The SMILES string of the molecule is CN(C)Cc1nc(C(=O)N2CCC[C@H](COc3ccc(F)cc3)C2)cs1. The van der Waals surface area contributed by atoms with Crippen molar-refractivity contribution in [1.29, 1.82) is 0 Å². The largest absolute Gasteiger partial charge is 0.493 e. The summed E-state index contributed by atoms with van der Waals surface area (Å²) < 4.78 is 18.7. The number of carbonyl (C=O) groups is 1. The Labute approximate surface area is 157 Å². The molecule has 0 radical (unpaired) electrons. The smallest absolute Gasteiger partial charge is 0.273 e. The average Bonchev–Trinajstić information content (AvgIpc) is 3.08. The van der Waals surface area contributed by atoms with E-state index in [4.69, 9.17) is 4.74 Å². The van der Waals surface area contributed by atoms with Gasteiger partial charge < -0.3 is 14.5 Å². The first-order valence-electron chi connectivity index (χ1n) is 8.78. The van der Waals surface area contributed by atoms with Gasteiger partial charge in [-0.3, -0.25) is 4.79 Å². The highest BCUT2D eigenvalue weighted by Crippen LogP contribution is 2.21. The van der Waals surface area contributed by atoms with E-state index in [2.05, 4.69) is 4.98 Å². The maximum atomic E-state index is 12.9. The summed E-state index contributed by atoms with van der Waals surface area (Å²) in [5, 5.41) is 2.80. The second-order valence-electron chi connectivity index (χ2n) is 6.89. The summed E-state index contributed by atoms with van der Waals surface area (Å²) in [5.41, 5.74) is 0.534. The number of nitrogens with zero attached hydrogens (tertiary/aromatic N) is 3. The number of carbonyl (C=O) groups excluding carboxylic acids is 1. The predicted molar refractivity (Wildman–Crippen MR) is 100 cm³/mol. The van der Waals surface area contributed by atoms with Crippen LogP contribution in [0, 0.1) is 11.7 Å². The monoisotopic (exact) mass is 377 g/mol. The lowest BCUT2D eigenvalue weighted by molar-refractivity contribution is 0.0628. The van der Waals surface area contributed by atoms with E-state index in [1.54, 1.807) is 12.1 Å². The molecule has 1 aromatic carbocycles. The maximum absolute atomic E-state index is 12.9. The molecule has 140 valence electrons. The Bertz CT molecular complexity index is 733. The van der Waals surface area contributed by atoms with E-state index in [0.717, 1.165) is 30.9 Å². The van der Waals surface area contributed by atoms with E-state index < -0.39 is 0 Å². The van der Waals surface area contributed by atoms with Gasteiger partial charge in [-0.1, -0.05) is 0 Å². The Hall–Kier alpha value is -1.99. The van der Waals surface area contributed by atoms with Crippen LogP contribution in [-0.4, -0.2) is 54.5 Å². The van der Waals surface area contributed by atoms with Crippen molar-refractivity contribution < 1.29 is 13.9 Å². The van der Waals surface area contributed by atoms with E-state index in [1.807, 2.05) is 29.3 Å². The van der Waals surface area contributed by atoms with Crippen molar-refractivity contribution >= 4 is 17.2 Å². The van der Waals surface area contributed by atoms with Gasteiger partial charge in [0, 0.05) is 30.9 Å². The van der Waals surface area contributed by atoms with Crippen LogP contribution in [0.4, 0.5) is 4.39 Å². The molecule has 26 heavy (non-hydrogen) atoms. The normalized spacial score (nSPS) is 17.5. The fourth-order valence-corrected chi connectivity index (χ4v) is 3.93. The van der Waals surface area contributed by atoms with Crippen LogP contribution in [0.25, 0.3) is 0 Å². The molecule has 1 atom stereocenters. The molecule has 0 unspecified atom stereocenters. The van der Waals surface area contributed by atoms with Gasteiger partial charge in [0.15, 0.2) is 0 Å². The molecule has 1 saturated heterocycles. The number of hydrogen-bond donors (Lipinski definition) is 0. The zero-order chi connectivity index (χ0) is 18.5. The molecule has 0 aliphatic carbocycles. The van der Waals surface area contributed by atoms with Gasteiger partial charge in [0.05, 0.1) is 6.61 Å². The van der Waals surface area contributed by atoms with E-state index in [0.29, 0.717) is 24.6 Å². The van der Waals surface area contributed by atoms with Gasteiger partial charge in [-0.15, -0.1) is 11.3 Å². The Kier molecular flexibility index (Phi) is 6.21. The number of benzene rings is 1. The van der Waals surface area contributed by atoms with Crippen molar-refractivity contribution in [2.45, 2.75) is 19.4 Å². The molecule has 1 aliphatic rings. The topological polar surface area (TPSA) is 45.7 Å². The molecule has 0 spiro atoms. The molecule has 1 aromatic heterocycles. The standard InChI is InChI=1S/C19H24FN3O2S/c1-22(2)11-18-21-17(13-26-18)19(24)23-9-3-4-14(10-23)12-25-16-7-5-15(20)6-8-16/h5-8,13-14H,3-4,9-12H2,1-2H3/t14-/m0/s1. The number of amides is 1. The first-order valence-corrected chi connectivity index (χ1v) is 9.66. The Morgan fingerprint density at radius 3 is 2.88 bits per heavy atom. The summed E-state index contributed by atoms with van der Waals surface area (Å²) in [6, 6.07) is 6.03. The van der Waals surface area contributed by atoms with Gasteiger partial charge in [-0.2, -0.15) is 0 Å². The van der Waals surface area contributed by atoms with Crippen LogP contribution in [0.5, 0.6) is 5.75 Å². The lowest BCUT2D eigenvalue weighted by atomic mass is 9.98. The summed E-state index contributed by atoms with van der Waals surface area (Å²) in [4.78, 5) is 21.1. The minimum Gasteiger partial charge on any atom is -0.493 e. The molecule has 0 N–H and O–H groups in total. The van der Waals surface area contributed by atoms with E-state index >= 15 is 0 Å². The van der Waals surface area contributed by atoms with Crippen molar-refractivity contribution in [3.8, 4) is 5.75 Å². The summed E-state index contributed by atoms with van der Waals surface area (Å²) in [6.07, 6.45) is 1.98. The number of halogens is 1. The Morgan fingerprint density at radius 1 is 1.38 bits per heavy atom. The first kappa shape index (κ1) is 18.8. The average molecular weight is 377 g/mol. The number of ether oxygens (including phenoxy) is 1. The number of aromatic nitrogens is 1. The molecule has 1 amide bonds. The van der Waals surface area contributed by atoms with Crippen LogP contribution >= 0.6 is 11.3 Å². The first-order chi connectivity index (χ1) is 12.5. The minimum absolute atomic E-state index is 0.00209. The predicted octanol–water partition coefficient (Wildman–Crippen LogP) is 3.28. The number of piperidine rings is 1. The lowest BCUT2D eigenvalue weighted by Crippen LogP contribution is -2.41. The van der Waals surface area contributed by atoms with Crippen molar-refractivity contribution in [2.75, 3.05) is 33.8 Å². The second kappa shape index (κ2) is 8.60. The maximum Gasteiger partial charge on any atom is 0.273 e. The van der Waals surface area contributed by atoms with Crippen molar-refractivity contribution in [3.63, 3.8) is 0 Å². The number of hydrogen-bond acceptors (Lipinski definition) is 5. The molecule has 3 rings (SSSR count). The number of thiazole rings is 1. The molecule has 1 aliphatic heterocycles. The number of rotatable bonds is 6. The van der Waals surface area contributed by atoms with Crippen LogP contribution in [0.15, 0.2) is 29.6 Å². The van der Waals surface area contributed by atoms with Crippen LogP contribution in [0.3, 0.4) is 0 Å². The second-order valence-corrected chi connectivity index (χ2v) is 7.83. The van der Waals surface area contributed by atoms with Crippen LogP contribution < -0.4 is 4.74 Å². The lowest BCUT2D eigenvalue weighted by Gasteiger charge is -2.32. The van der Waals surface area contributed by atoms with E-state index in [-0.39, 0.29) is 17.6 Å². The fourth-order valence-electron chi connectivity index (χ4n) is 3.04. The van der Waals surface area contributed by atoms with Gasteiger partial charge in [-0.25, -0.2) is 9.37 Å². The van der Waals surface area contributed by atoms with E-state index in [1.165, 1.54) is 23.5 Å². The van der Waals surface area contributed by atoms with Gasteiger partial charge in [-0.05, 0) is 51.2 Å². The molecule has 0 saturated carbocycles. The highest BCUT2D eigenvalue weighted by Gasteiger charge is 2.26. The van der Waals surface area contributed by atoms with Crippen molar-refractivity contribution in [3.05, 3.63) is 46.2 Å². The van der Waals surface area contributed by atoms with E-state index in [9.17, 15) is 9.18 Å². The molecule has 5 nitrogen and oxygen atoms in total. The van der Waals surface area contributed by atoms with Gasteiger partial charge in [0.25, 0.3) is 5.91 Å². The quantitative estimate of drug-likeness (QED) is 0.775. The fraction of sp³-hybridized carbons (Fsp3) is 0.474. The summed E-state index contributed by atoms with van der Waals surface area (Å²) in [7, 11) is 3.97. The van der Waals surface area contributed by atoms with Gasteiger partial charge >= 0.3 is 0 Å². The molecule has 2 aromatic rings. The minimum atomic E-state index is -0.274. The summed E-state index contributed by atoms with van der Waals surface area (Å²) in [6.45, 7) is 2.69. The van der Waals surface area contributed by atoms with Crippen LogP contribution in [0.1, 0.15) is 28.3 Å². The molecule has 0 bridgehead atoms. The molecular weight excluding hydrogens is 353 g/mol. The third kappa shape index (κ3) is 5.02. The zero-order valence-electron chi connectivity index (χ0n) is 15.2. The van der Waals surface area contributed by atoms with Crippen LogP contribution in [0.2, 0.25) is 0 Å².